The van der Waals surface area contributed by atoms with Crippen molar-refractivity contribution < 1.29 is 19.5 Å². The van der Waals surface area contributed by atoms with E-state index in [4.69, 9.17) is 5.11 Å². The van der Waals surface area contributed by atoms with Gasteiger partial charge in [0.05, 0.1) is 5.88 Å². The molecule has 0 aromatic carbocycles. The van der Waals surface area contributed by atoms with Crippen LogP contribution in [0.3, 0.4) is 0 Å². The number of rotatable bonds is 8. The van der Waals surface area contributed by atoms with Crippen LogP contribution in [0.15, 0.2) is 0 Å². The van der Waals surface area contributed by atoms with E-state index in [2.05, 4.69) is 5.32 Å². The number of nitrogens with one attached hydrogen (secondary N) is 1. The molecular formula is C14H24N2O4S. The van der Waals surface area contributed by atoms with Crippen LogP contribution in [0.5, 0.6) is 0 Å². The predicted octanol–water partition coefficient (Wildman–Crippen LogP) is 1.45. The van der Waals surface area contributed by atoms with Gasteiger partial charge < -0.3 is 15.3 Å². The smallest absolute Gasteiger partial charge is 0.303 e. The number of amides is 2. The molecule has 0 aliphatic carbocycles. The number of nitrogens with zero attached hydrogens (tertiary/aromatic N) is 1. The summed E-state index contributed by atoms with van der Waals surface area (Å²) in [6, 6.07) is -0.626. The van der Waals surface area contributed by atoms with Gasteiger partial charge >= 0.3 is 5.97 Å². The van der Waals surface area contributed by atoms with Gasteiger partial charge in [-0.2, -0.15) is 0 Å². The zero-order valence-corrected chi connectivity index (χ0v) is 13.4. The Balaban J connectivity index is 2.47. The summed E-state index contributed by atoms with van der Waals surface area (Å²) in [7, 11) is 0. The Hall–Kier alpha value is -1.24. The normalized spacial score (nSPS) is 19.3. The van der Waals surface area contributed by atoms with E-state index < -0.39 is 12.0 Å². The fourth-order valence-corrected chi connectivity index (χ4v) is 3.31. The average Bonchev–Trinajstić information content (AvgIpc) is 2.92. The summed E-state index contributed by atoms with van der Waals surface area (Å²) in [5.74, 6) is 0.145. The summed E-state index contributed by atoms with van der Waals surface area (Å²) in [6.07, 6.45) is 2.69. The third kappa shape index (κ3) is 5.95. The molecule has 120 valence electrons. The Kier molecular flexibility index (Phi) is 7.56. The second-order valence-electron chi connectivity index (χ2n) is 5.32. The summed E-state index contributed by atoms with van der Waals surface area (Å²) in [5.41, 5.74) is 0. The molecule has 6 nitrogen and oxygen atoms in total. The molecule has 0 aromatic rings. The van der Waals surface area contributed by atoms with Crippen LogP contribution >= 0.6 is 11.8 Å². The third-order valence-corrected chi connectivity index (χ3v) is 4.44. The number of aliphatic carboxylic acids is 1. The third-order valence-electron chi connectivity index (χ3n) is 3.43. The van der Waals surface area contributed by atoms with Crippen LogP contribution < -0.4 is 5.32 Å². The second-order valence-corrected chi connectivity index (χ2v) is 6.32. The lowest BCUT2D eigenvalue weighted by Crippen LogP contribution is -2.49. The molecule has 21 heavy (non-hydrogen) atoms. The summed E-state index contributed by atoms with van der Waals surface area (Å²) in [5, 5.41) is 11.4. The van der Waals surface area contributed by atoms with Crippen molar-refractivity contribution in [2.75, 3.05) is 11.6 Å². The van der Waals surface area contributed by atoms with E-state index in [0.29, 0.717) is 24.5 Å². The highest BCUT2D eigenvalue weighted by Crippen LogP contribution is 2.22. The van der Waals surface area contributed by atoms with Crippen LogP contribution in [-0.2, 0) is 14.4 Å². The van der Waals surface area contributed by atoms with E-state index >= 15 is 0 Å². The van der Waals surface area contributed by atoms with Crippen molar-refractivity contribution in [1.29, 1.82) is 0 Å². The van der Waals surface area contributed by atoms with Gasteiger partial charge in [-0.15, -0.1) is 11.8 Å². The Morgan fingerprint density at radius 3 is 2.71 bits per heavy atom. The highest BCUT2D eigenvalue weighted by molar-refractivity contribution is 7.99. The topological polar surface area (TPSA) is 86.7 Å². The van der Waals surface area contributed by atoms with Crippen LogP contribution in [0, 0.1) is 0 Å². The maximum atomic E-state index is 12.2. The van der Waals surface area contributed by atoms with Crippen LogP contribution in [-0.4, -0.2) is 51.5 Å². The van der Waals surface area contributed by atoms with E-state index in [1.165, 1.54) is 0 Å². The number of thioether (sulfide) groups is 1. The molecule has 0 aromatic heterocycles. The fourth-order valence-electron chi connectivity index (χ4n) is 2.13. The lowest BCUT2D eigenvalue weighted by Gasteiger charge is -2.24. The lowest BCUT2D eigenvalue weighted by atomic mass is 10.1. The zero-order valence-electron chi connectivity index (χ0n) is 12.6. The number of hydrogen-bond donors (Lipinski definition) is 2. The minimum atomic E-state index is -0.871. The second kappa shape index (κ2) is 8.92. The molecule has 1 aliphatic heterocycles. The van der Waals surface area contributed by atoms with Gasteiger partial charge in [0.15, 0.2) is 0 Å². The largest absolute Gasteiger partial charge is 0.481 e. The maximum Gasteiger partial charge on any atom is 0.303 e. The first-order valence-corrected chi connectivity index (χ1v) is 8.50. The first-order chi connectivity index (χ1) is 9.95. The Morgan fingerprint density at radius 2 is 2.10 bits per heavy atom. The fraction of sp³-hybridized carbons (Fsp3) is 0.786. The van der Waals surface area contributed by atoms with Gasteiger partial charge in [-0.05, 0) is 19.8 Å². The molecule has 1 saturated heterocycles. The number of carboxylic acid groups (broad SMARTS) is 1. The molecule has 1 rings (SSSR count). The average molecular weight is 316 g/mol. The van der Waals surface area contributed by atoms with Gasteiger partial charge in [0, 0.05) is 24.6 Å². The van der Waals surface area contributed by atoms with Crippen LogP contribution in [0.4, 0.5) is 0 Å². The molecule has 7 heteroatoms. The number of unbranched alkanes of at least 4 members (excludes halogenated alkanes) is 1. The van der Waals surface area contributed by atoms with Crippen molar-refractivity contribution in [3.05, 3.63) is 0 Å². The first kappa shape index (κ1) is 17.8. The van der Waals surface area contributed by atoms with Crippen molar-refractivity contribution in [3.8, 4) is 0 Å². The van der Waals surface area contributed by atoms with E-state index in [1.54, 1.807) is 23.6 Å². The monoisotopic (exact) mass is 316 g/mol. The van der Waals surface area contributed by atoms with Gasteiger partial charge in [0.25, 0.3) is 0 Å². The van der Waals surface area contributed by atoms with Crippen molar-refractivity contribution in [2.24, 2.45) is 0 Å². The minimum absolute atomic E-state index is 0.0278. The number of carbonyl (C=O) groups excluding carboxylic acids is 2. The maximum absolute atomic E-state index is 12.2. The molecule has 0 radical (unpaired) electrons. The van der Waals surface area contributed by atoms with Gasteiger partial charge in [-0.1, -0.05) is 13.3 Å². The summed E-state index contributed by atoms with van der Waals surface area (Å²) >= 11 is 1.58. The summed E-state index contributed by atoms with van der Waals surface area (Å²) in [4.78, 5) is 36.5. The summed E-state index contributed by atoms with van der Waals surface area (Å²) in [6.45, 7) is 3.81. The standard InChI is InChI=1S/C14H24N2O4S/c1-3-4-5-12(17)16-9-21-8-11(16)14(20)15-10(2)6-7-13(18)19/h10-11H,3-9H2,1-2H3,(H,15,20)(H,18,19). The molecule has 1 fully saturated rings. The van der Waals surface area contributed by atoms with Crippen LogP contribution in [0.25, 0.3) is 0 Å². The number of hydrogen-bond acceptors (Lipinski definition) is 4. The van der Waals surface area contributed by atoms with E-state index in [1.807, 2.05) is 6.92 Å². The van der Waals surface area contributed by atoms with Gasteiger partial charge in [-0.3, -0.25) is 14.4 Å². The van der Waals surface area contributed by atoms with Crippen molar-refractivity contribution >= 4 is 29.5 Å². The molecule has 0 saturated carbocycles. The van der Waals surface area contributed by atoms with Gasteiger partial charge in [0.1, 0.15) is 6.04 Å². The molecule has 0 bridgehead atoms. The van der Waals surface area contributed by atoms with Crippen molar-refractivity contribution in [3.63, 3.8) is 0 Å². The quantitative estimate of drug-likeness (QED) is 0.708. The first-order valence-electron chi connectivity index (χ1n) is 7.35. The van der Waals surface area contributed by atoms with Crippen LogP contribution in [0.1, 0.15) is 46.0 Å². The molecule has 1 heterocycles. The van der Waals surface area contributed by atoms with E-state index in [-0.39, 0.29) is 24.3 Å². The predicted molar refractivity (Wildman–Crippen MR) is 82.0 cm³/mol. The van der Waals surface area contributed by atoms with Crippen molar-refractivity contribution in [1.82, 2.24) is 10.2 Å². The Bertz CT molecular complexity index is 389. The lowest BCUT2D eigenvalue weighted by molar-refractivity contribution is -0.138. The molecule has 2 unspecified atom stereocenters. The van der Waals surface area contributed by atoms with E-state index in [0.717, 1.165) is 12.8 Å². The number of carbonyl (C=O) groups is 3. The molecule has 1 aliphatic rings. The highest BCUT2D eigenvalue weighted by atomic mass is 32.2. The van der Waals surface area contributed by atoms with Gasteiger partial charge in [0.2, 0.25) is 11.8 Å². The Morgan fingerprint density at radius 1 is 1.38 bits per heavy atom. The molecule has 2 amide bonds. The van der Waals surface area contributed by atoms with E-state index in [9.17, 15) is 14.4 Å². The molecular weight excluding hydrogens is 292 g/mol. The molecule has 0 spiro atoms. The van der Waals surface area contributed by atoms with Crippen LogP contribution in [0.2, 0.25) is 0 Å². The molecule has 2 atom stereocenters. The highest BCUT2D eigenvalue weighted by Gasteiger charge is 2.34. The molecule has 2 N–H and O–H groups in total. The SMILES string of the molecule is CCCCC(=O)N1CSCC1C(=O)NC(C)CCC(=O)O. The van der Waals surface area contributed by atoms with Crippen molar-refractivity contribution in [2.45, 2.75) is 58.0 Å². The number of carboxylic acids is 1. The Labute approximate surface area is 129 Å². The zero-order chi connectivity index (χ0) is 15.8. The van der Waals surface area contributed by atoms with Gasteiger partial charge in [-0.25, -0.2) is 0 Å². The summed E-state index contributed by atoms with van der Waals surface area (Å²) < 4.78 is 0. The minimum Gasteiger partial charge on any atom is -0.481 e.